The summed E-state index contributed by atoms with van der Waals surface area (Å²) in [5.74, 6) is 1.00. The number of hydrogen-bond donors (Lipinski definition) is 1. The molecule has 3 heterocycles. The summed E-state index contributed by atoms with van der Waals surface area (Å²) < 4.78 is 0. The highest BCUT2D eigenvalue weighted by Crippen LogP contribution is 2.22. The Balaban J connectivity index is 1.46. The van der Waals surface area contributed by atoms with E-state index < -0.39 is 0 Å². The van der Waals surface area contributed by atoms with Crippen LogP contribution in [0.4, 0.5) is 5.00 Å². The van der Waals surface area contributed by atoms with Gasteiger partial charge in [0.2, 0.25) is 0 Å². The zero-order chi connectivity index (χ0) is 16.1. The summed E-state index contributed by atoms with van der Waals surface area (Å²) in [5, 5.41) is 10.3. The van der Waals surface area contributed by atoms with Crippen molar-refractivity contribution in [1.29, 1.82) is 0 Å². The molecule has 0 amide bonds. The van der Waals surface area contributed by atoms with E-state index in [4.69, 9.17) is 0 Å². The molecule has 1 aliphatic heterocycles. The Hall–Kier alpha value is -1.60. The van der Waals surface area contributed by atoms with Gasteiger partial charge < -0.3 is 15.1 Å². The van der Waals surface area contributed by atoms with E-state index in [1.54, 1.807) is 11.3 Å². The summed E-state index contributed by atoms with van der Waals surface area (Å²) >= 11 is 3.53. The Kier molecular flexibility index (Phi) is 5.51. The quantitative estimate of drug-likeness (QED) is 0.680. The van der Waals surface area contributed by atoms with Crippen LogP contribution in [0.3, 0.4) is 0 Å². The summed E-state index contributed by atoms with van der Waals surface area (Å²) in [4.78, 5) is 13.7. The van der Waals surface area contributed by atoms with Crippen LogP contribution in [0, 0.1) is 6.92 Å². The molecule has 1 saturated heterocycles. The third-order valence-electron chi connectivity index (χ3n) is 3.94. The minimum Gasteiger partial charge on any atom is -0.360 e. The lowest BCUT2D eigenvalue weighted by Gasteiger charge is -2.37. The van der Waals surface area contributed by atoms with Crippen LogP contribution in [0.15, 0.2) is 27.9 Å². The van der Waals surface area contributed by atoms with Crippen molar-refractivity contribution in [3.63, 3.8) is 0 Å². The third kappa shape index (κ3) is 4.23. The molecule has 0 saturated carbocycles. The maximum absolute atomic E-state index is 4.50. The van der Waals surface area contributed by atoms with Crippen molar-refractivity contribution in [2.75, 3.05) is 44.7 Å². The maximum atomic E-state index is 4.50. The largest absolute Gasteiger partial charge is 0.360 e. The predicted octanol–water partition coefficient (Wildman–Crippen LogP) is 2.45. The van der Waals surface area contributed by atoms with Gasteiger partial charge in [0, 0.05) is 51.6 Å². The fourth-order valence-electron chi connectivity index (χ4n) is 2.75. The number of piperazine rings is 1. The Morgan fingerprint density at radius 1 is 1.30 bits per heavy atom. The molecule has 1 aliphatic rings. The highest BCUT2D eigenvalue weighted by Gasteiger charge is 2.20. The average Bonchev–Trinajstić information content (AvgIpc) is 3.24. The van der Waals surface area contributed by atoms with E-state index in [9.17, 15) is 0 Å². The van der Waals surface area contributed by atoms with Gasteiger partial charge in [0.05, 0.1) is 15.7 Å². The summed E-state index contributed by atoms with van der Waals surface area (Å²) in [6.07, 6.45) is 0.943. The van der Waals surface area contributed by atoms with Gasteiger partial charge in [0.1, 0.15) is 0 Å². The van der Waals surface area contributed by atoms with Gasteiger partial charge in [-0.05, 0) is 24.4 Å². The first-order valence-electron chi connectivity index (χ1n) is 7.91. The SMILES string of the molecule is CN=C(NCCc1csc(C)n1)N1CCN(c2cccs2)CC1. The Bertz CT molecular complexity index is 627. The van der Waals surface area contributed by atoms with E-state index in [1.807, 2.05) is 25.3 Å². The zero-order valence-corrected chi connectivity index (χ0v) is 15.3. The first kappa shape index (κ1) is 16.3. The fraction of sp³-hybridized carbons (Fsp3) is 0.500. The number of thiophene rings is 1. The molecular weight excluding hydrogens is 326 g/mol. The lowest BCUT2D eigenvalue weighted by molar-refractivity contribution is 0.373. The first-order chi connectivity index (χ1) is 11.3. The van der Waals surface area contributed by atoms with Crippen molar-refractivity contribution in [3.8, 4) is 0 Å². The number of aryl methyl sites for hydroxylation is 1. The third-order valence-corrected chi connectivity index (χ3v) is 5.69. The van der Waals surface area contributed by atoms with Gasteiger partial charge >= 0.3 is 0 Å². The van der Waals surface area contributed by atoms with E-state index in [1.165, 1.54) is 5.00 Å². The molecule has 2 aromatic heterocycles. The lowest BCUT2D eigenvalue weighted by atomic mass is 10.3. The fourth-order valence-corrected chi connectivity index (χ4v) is 4.18. The Labute approximate surface area is 145 Å². The number of guanidine groups is 1. The van der Waals surface area contributed by atoms with Gasteiger partial charge in [0.15, 0.2) is 5.96 Å². The number of aromatic nitrogens is 1. The molecule has 0 unspecified atom stereocenters. The molecule has 1 fully saturated rings. The molecule has 124 valence electrons. The van der Waals surface area contributed by atoms with Crippen molar-refractivity contribution in [2.24, 2.45) is 4.99 Å². The molecule has 0 aromatic carbocycles. The van der Waals surface area contributed by atoms with Crippen molar-refractivity contribution < 1.29 is 0 Å². The molecule has 1 N–H and O–H groups in total. The van der Waals surface area contributed by atoms with Gasteiger partial charge in [-0.3, -0.25) is 4.99 Å². The standard InChI is InChI=1S/C16H23N5S2/c1-13-19-14(12-23-13)5-6-18-16(17-2)21-9-7-20(8-10-21)15-4-3-11-22-15/h3-4,11-12H,5-10H2,1-2H3,(H,17,18). The first-order valence-corrected chi connectivity index (χ1v) is 9.67. The molecule has 0 atom stereocenters. The minimum absolute atomic E-state index is 0.876. The number of hydrogen-bond acceptors (Lipinski definition) is 5. The number of rotatable bonds is 4. The number of anilines is 1. The minimum atomic E-state index is 0.876. The second-order valence-electron chi connectivity index (χ2n) is 5.51. The van der Waals surface area contributed by atoms with Crippen molar-refractivity contribution in [3.05, 3.63) is 33.6 Å². The van der Waals surface area contributed by atoms with Crippen LogP contribution in [0.2, 0.25) is 0 Å². The number of nitrogens with zero attached hydrogens (tertiary/aromatic N) is 4. The van der Waals surface area contributed by atoms with E-state index in [0.29, 0.717) is 0 Å². The van der Waals surface area contributed by atoms with Crippen molar-refractivity contribution >= 4 is 33.6 Å². The summed E-state index contributed by atoms with van der Waals surface area (Å²) in [6.45, 7) is 7.04. The van der Waals surface area contributed by atoms with Gasteiger partial charge in [-0.25, -0.2) is 4.98 Å². The predicted molar refractivity (Wildman–Crippen MR) is 100 cm³/mol. The van der Waals surface area contributed by atoms with Gasteiger partial charge in [-0.2, -0.15) is 0 Å². The summed E-state index contributed by atoms with van der Waals surface area (Å²) in [6, 6.07) is 4.32. The molecule has 0 spiro atoms. The van der Waals surface area contributed by atoms with Crippen LogP contribution in [-0.4, -0.2) is 55.6 Å². The van der Waals surface area contributed by atoms with Crippen LogP contribution in [0.1, 0.15) is 10.7 Å². The highest BCUT2D eigenvalue weighted by molar-refractivity contribution is 7.14. The van der Waals surface area contributed by atoms with E-state index >= 15 is 0 Å². The van der Waals surface area contributed by atoms with Gasteiger partial charge in [0.25, 0.3) is 0 Å². The average molecular weight is 350 g/mol. The second-order valence-corrected chi connectivity index (χ2v) is 7.50. The zero-order valence-electron chi connectivity index (χ0n) is 13.7. The molecule has 23 heavy (non-hydrogen) atoms. The topological polar surface area (TPSA) is 43.8 Å². The summed E-state index contributed by atoms with van der Waals surface area (Å²) in [5.41, 5.74) is 1.16. The van der Waals surface area contributed by atoms with Gasteiger partial charge in [-0.15, -0.1) is 22.7 Å². The van der Waals surface area contributed by atoms with Crippen molar-refractivity contribution in [1.82, 2.24) is 15.2 Å². The second kappa shape index (κ2) is 7.79. The number of aliphatic imine (C=N–C) groups is 1. The van der Waals surface area contributed by atoms with Crippen LogP contribution < -0.4 is 10.2 Å². The van der Waals surface area contributed by atoms with Crippen LogP contribution in [-0.2, 0) is 6.42 Å². The van der Waals surface area contributed by atoms with Crippen LogP contribution in [0.25, 0.3) is 0 Å². The normalized spacial score (nSPS) is 16.0. The van der Waals surface area contributed by atoms with E-state index in [-0.39, 0.29) is 0 Å². The Morgan fingerprint density at radius 2 is 2.13 bits per heavy atom. The summed E-state index contributed by atoms with van der Waals surface area (Å²) in [7, 11) is 1.86. The highest BCUT2D eigenvalue weighted by atomic mass is 32.1. The van der Waals surface area contributed by atoms with Crippen LogP contribution in [0.5, 0.6) is 0 Å². The number of thiazole rings is 1. The van der Waals surface area contributed by atoms with Gasteiger partial charge in [-0.1, -0.05) is 0 Å². The molecular formula is C16H23N5S2. The molecule has 0 radical (unpaired) electrons. The van der Waals surface area contributed by atoms with Crippen molar-refractivity contribution in [2.45, 2.75) is 13.3 Å². The molecule has 5 nitrogen and oxygen atoms in total. The monoisotopic (exact) mass is 349 g/mol. The van der Waals surface area contributed by atoms with E-state index in [2.05, 4.69) is 48.0 Å². The lowest BCUT2D eigenvalue weighted by Crippen LogP contribution is -2.52. The Morgan fingerprint density at radius 3 is 2.74 bits per heavy atom. The molecule has 0 aliphatic carbocycles. The molecule has 7 heteroatoms. The smallest absolute Gasteiger partial charge is 0.193 e. The van der Waals surface area contributed by atoms with Crippen LogP contribution >= 0.6 is 22.7 Å². The molecule has 0 bridgehead atoms. The molecule has 2 aromatic rings. The number of nitrogens with one attached hydrogen (secondary N) is 1. The maximum Gasteiger partial charge on any atom is 0.193 e. The molecule has 3 rings (SSSR count). The van der Waals surface area contributed by atoms with E-state index in [0.717, 1.165) is 55.8 Å².